The van der Waals surface area contributed by atoms with E-state index in [0.29, 0.717) is 4.47 Å². The van der Waals surface area contributed by atoms with Crippen LogP contribution < -0.4 is 10.5 Å². The Morgan fingerprint density at radius 1 is 1.42 bits per heavy atom. The van der Waals surface area contributed by atoms with Crippen LogP contribution in [0.2, 0.25) is 0 Å². The summed E-state index contributed by atoms with van der Waals surface area (Å²) in [4.78, 5) is 12.1. The number of benzene rings is 1. The predicted octanol–water partition coefficient (Wildman–Crippen LogP) is 2.01. The van der Waals surface area contributed by atoms with E-state index in [0.717, 1.165) is 6.42 Å². The molecular formula is C12H17BrN2O3S. The highest BCUT2D eigenvalue weighted by molar-refractivity contribution is 9.10. The van der Waals surface area contributed by atoms with Gasteiger partial charge in [-0.2, -0.15) is 0 Å². The Bertz CT molecular complexity index is 597. The van der Waals surface area contributed by atoms with Crippen LogP contribution >= 0.6 is 15.9 Å². The van der Waals surface area contributed by atoms with Crippen LogP contribution in [0.25, 0.3) is 0 Å². The van der Waals surface area contributed by atoms with Gasteiger partial charge in [0.2, 0.25) is 10.0 Å². The van der Waals surface area contributed by atoms with Crippen molar-refractivity contribution in [3.05, 3.63) is 28.2 Å². The minimum Gasteiger partial charge on any atom is -0.347 e. The number of hydrogen-bond donors (Lipinski definition) is 2. The first-order valence-electron chi connectivity index (χ1n) is 5.71. The lowest BCUT2D eigenvalue weighted by Crippen LogP contribution is -2.42. The van der Waals surface area contributed by atoms with Gasteiger partial charge in [-0.05, 0) is 54.4 Å². The number of nitrogens with one attached hydrogen (secondary N) is 1. The van der Waals surface area contributed by atoms with Crippen molar-refractivity contribution in [2.45, 2.75) is 37.6 Å². The van der Waals surface area contributed by atoms with E-state index in [4.69, 9.17) is 5.14 Å². The van der Waals surface area contributed by atoms with Crippen molar-refractivity contribution >= 4 is 31.9 Å². The van der Waals surface area contributed by atoms with Crippen LogP contribution in [0.4, 0.5) is 0 Å². The highest BCUT2D eigenvalue weighted by Gasteiger charge is 2.21. The van der Waals surface area contributed by atoms with E-state index >= 15 is 0 Å². The van der Waals surface area contributed by atoms with Crippen LogP contribution in [0.1, 0.15) is 37.6 Å². The van der Waals surface area contributed by atoms with E-state index in [1.54, 1.807) is 0 Å². The van der Waals surface area contributed by atoms with E-state index in [2.05, 4.69) is 21.2 Å². The van der Waals surface area contributed by atoms with Crippen molar-refractivity contribution in [2.24, 2.45) is 5.14 Å². The maximum absolute atomic E-state index is 12.1. The molecule has 0 unspecified atom stereocenters. The fourth-order valence-electron chi connectivity index (χ4n) is 1.32. The minimum absolute atomic E-state index is 0.0878. The predicted molar refractivity (Wildman–Crippen MR) is 77.4 cm³/mol. The van der Waals surface area contributed by atoms with Crippen LogP contribution in [0.5, 0.6) is 0 Å². The Balaban J connectivity index is 3.17. The molecule has 0 saturated carbocycles. The first kappa shape index (κ1) is 16.1. The third-order valence-electron chi connectivity index (χ3n) is 2.85. The molecule has 0 aromatic heterocycles. The van der Waals surface area contributed by atoms with Gasteiger partial charge in [0.25, 0.3) is 5.91 Å². The molecule has 0 aliphatic rings. The van der Waals surface area contributed by atoms with Gasteiger partial charge < -0.3 is 5.32 Å². The number of sulfonamides is 1. The van der Waals surface area contributed by atoms with Gasteiger partial charge >= 0.3 is 0 Å². The molecule has 7 heteroatoms. The number of carbonyl (C=O) groups is 1. The Labute approximate surface area is 121 Å². The minimum atomic E-state index is -3.83. The Hall–Kier alpha value is -0.920. The van der Waals surface area contributed by atoms with Gasteiger partial charge in [0.15, 0.2) is 0 Å². The molecule has 5 nitrogen and oxygen atoms in total. The molecule has 0 spiro atoms. The van der Waals surface area contributed by atoms with E-state index < -0.39 is 10.0 Å². The number of amides is 1. The summed E-state index contributed by atoms with van der Waals surface area (Å²) in [6, 6.07) is 4.11. The van der Waals surface area contributed by atoms with Crippen LogP contribution in [-0.4, -0.2) is 19.9 Å². The van der Waals surface area contributed by atoms with Crippen LogP contribution in [0.15, 0.2) is 27.6 Å². The highest BCUT2D eigenvalue weighted by atomic mass is 79.9. The van der Waals surface area contributed by atoms with Crippen molar-refractivity contribution in [3.8, 4) is 0 Å². The maximum atomic E-state index is 12.1. The number of carbonyl (C=O) groups excluding carboxylic acids is 1. The number of primary sulfonamides is 1. The first-order chi connectivity index (χ1) is 8.57. The zero-order chi connectivity index (χ0) is 14.8. The summed E-state index contributed by atoms with van der Waals surface area (Å²) in [5.74, 6) is -0.343. The van der Waals surface area contributed by atoms with Gasteiger partial charge in [-0.15, -0.1) is 0 Å². The molecule has 0 bridgehead atoms. The number of hydrogen-bond acceptors (Lipinski definition) is 3. The van der Waals surface area contributed by atoms with Crippen LogP contribution in [-0.2, 0) is 10.0 Å². The third-order valence-corrected chi connectivity index (χ3v) is 4.45. The molecule has 0 saturated heterocycles. The monoisotopic (exact) mass is 348 g/mol. The summed E-state index contributed by atoms with van der Waals surface area (Å²) >= 11 is 3.23. The van der Waals surface area contributed by atoms with Crippen molar-refractivity contribution in [1.82, 2.24) is 5.32 Å². The molecule has 1 aromatic carbocycles. The number of nitrogens with two attached hydrogens (primary N) is 1. The summed E-state index contributed by atoms with van der Waals surface area (Å²) in [5, 5.41) is 7.89. The summed E-state index contributed by atoms with van der Waals surface area (Å²) < 4.78 is 23.1. The topological polar surface area (TPSA) is 89.3 Å². The largest absolute Gasteiger partial charge is 0.347 e. The van der Waals surface area contributed by atoms with Gasteiger partial charge in [0.1, 0.15) is 0 Å². The molecule has 0 radical (unpaired) electrons. The summed E-state index contributed by atoms with van der Waals surface area (Å²) in [6.45, 7) is 5.74. The molecule has 1 rings (SSSR count). The fourth-order valence-corrected chi connectivity index (χ4v) is 2.28. The average molecular weight is 349 g/mol. The summed E-state index contributed by atoms with van der Waals surface area (Å²) in [5.41, 5.74) is -0.123. The zero-order valence-corrected chi connectivity index (χ0v) is 13.4. The first-order valence-corrected chi connectivity index (χ1v) is 8.05. The second-order valence-electron chi connectivity index (χ2n) is 4.88. The van der Waals surface area contributed by atoms with Gasteiger partial charge in [0, 0.05) is 10.0 Å². The van der Waals surface area contributed by atoms with E-state index in [1.807, 2.05) is 20.8 Å². The molecule has 3 N–H and O–H groups in total. The van der Waals surface area contributed by atoms with Gasteiger partial charge in [-0.3, -0.25) is 4.79 Å². The molecule has 0 fully saturated rings. The lowest BCUT2D eigenvalue weighted by atomic mass is 10.0. The molecule has 19 heavy (non-hydrogen) atoms. The van der Waals surface area contributed by atoms with E-state index in [-0.39, 0.29) is 21.9 Å². The molecule has 0 aliphatic heterocycles. The molecular weight excluding hydrogens is 332 g/mol. The van der Waals surface area contributed by atoms with Gasteiger partial charge in [-0.25, -0.2) is 13.6 Å². The summed E-state index contributed by atoms with van der Waals surface area (Å²) in [6.07, 6.45) is 0.755. The second kappa shape index (κ2) is 5.60. The van der Waals surface area contributed by atoms with Crippen molar-refractivity contribution < 1.29 is 13.2 Å². The molecule has 0 aliphatic carbocycles. The summed E-state index contributed by atoms with van der Waals surface area (Å²) in [7, 11) is -3.83. The number of halogens is 1. The molecule has 1 aromatic rings. The molecule has 106 valence electrons. The Kier molecular flexibility index (Phi) is 4.76. The Morgan fingerprint density at radius 3 is 2.47 bits per heavy atom. The van der Waals surface area contributed by atoms with E-state index in [9.17, 15) is 13.2 Å². The van der Waals surface area contributed by atoms with Gasteiger partial charge in [-0.1, -0.05) is 6.92 Å². The smallest absolute Gasteiger partial charge is 0.252 e. The van der Waals surface area contributed by atoms with Crippen molar-refractivity contribution in [2.75, 3.05) is 0 Å². The van der Waals surface area contributed by atoms with E-state index in [1.165, 1.54) is 18.2 Å². The quantitative estimate of drug-likeness (QED) is 0.871. The lowest BCUT2D eigenvalue weighted by molar-refractivity contribution is 0.0910. The van der Waals surface area contributed by atoms with Crippen LogP contribution in [0, 0.1) is 0 Å². The van der Waals surface area contributed by atoms with Crippen molar-refractivity contribution in [3.63, 3.8) is 0 Å². The normalized spacial score (nSPS) is 12.3. The van der Waals surface area contributed by atoms with Crippen molar-refractivity contribution in [1.29, 1.82) is 0 Å². The molecule has 0 heterocycles. The average Bonchev–Trinajstić information content (AvgIpc) is 2.27. The third kappa shape index (κ3) is 4.29. The number of rotatable bonds is 4. The highest BCUT2D eigenvalue weighted by Crippen LogP contribution is 2.21. The standard InChI is InChI=1S/C12H17BrN2O3S/c1-4-12(2,3)15-11(16)9-7-8(19(14,17)18)5-6-10(9)13/h5-7H,4H2,1-3H3,(H,15,16)(H2,14,17,18). The second-order valence-corrected chi connectivity index (χ2v) is 7.29. The van der Waals surface area contributed by atoms with Crippen LogP contribution in [0.3, 0.4) is 0 Å². The fraction of sp³-hybridized carbons (Fsp3) is 0.417. The lowest BCUT2D eigenvalue weighted by Gasteiger charge is -2.24. The zero-order valence-electron chi connectivity index (χ0n) is 11.0. The molecule has 0 atom stereocenters. The van der Waals surface area contributed by atoms with Gasteiger partial charge in [0.05, 0.1) is 10.5 Å². The Morgan fingerprint density at radius 2 is 2.00 bits per heavy atom. The molecule has 1 amide bonds. The SMILES string of the molecule is CCC(C)(C)NC(=O)c1cc(S(N)(=O)=O)ccc1Br. The maximum Gasteiger partial charge on any atom is 0.252 e.